The lowest BCUT2D eigenvalue weighted by molar-refractivity contribution is -0.140. The number of aromatic nitrogens is 1. The zero-order valence-electron chi connectivity index (χ0n) is 22.4. The molecule has 0 unspecified atom stereocenters. The Morgan fingerprint density at radius 2 is 1.90 bits per heavy atom. The third kappa shape index (κ3) is 7.55. The summed E-state index contributed by atoms with van der Waals surface area (Å²) in [5.41, 5.74) is 2.50. The molecule has 5 rings (SSSR count). The van der Waals surface area contributed by atoms with Gasteiger partial charge < -0.3 is 24.7 Å². The molecule has 6 nitrogen and oxygen atoms in total. The predicted octanol–water partition coefficient (Wildman–Crippen LogP) is 6.32. The van der Waals surface area contributed by atoms with Crippen LogP contribution in [0.5, 0.6) is 5.75 Å². The van der Waals surface area contributed by atoms with E-state index in [1.54, 1.807) is 37.3 Å². The fourth-order valence-corrected chi connectivity index (χ4v) is 6.89. The quantitative estimate of drug-likeness (QED) is 0.235. The van der Waals surface area contributed by atoms with Crippen molar-refractivity contribution in [3.8, 4) is 17.6 Å². The van der Waals surface area contributed by atoms with Crippen molar-refractivity contribution in [2.24, 2.45) is 0 Å². The van der Waals surface area contributed by atoms with Crippen LogP contribution in [0.15, 0.2) is 47.4 Å². The minimum atomic E-state index is -4.36. The van der Waals surface area contributed by atoms with Crippen molar-refractivity contribution in [2.45, 2.75) is 36.5 Å². The zero-order valence-corrected chi connectivity index (χ0v) is 24.0. The third-order valence-electron chi connectivity index (χ3n) is 6.83. The topological polar surface area (TPSA) is 50.7 Å². The Kier molecular flexibility index (Phi) is 9.63. The third-order valence-corrected chi connectivity index (χ3v) is 8.96. The number of halogens is 3. The summed E-state index contributed by atoms with van der Waals surface area (Å²) in [6, 6.07) is 13.5. The molecule has 1 aromatic heterocycles. The average molecular weight is 591 g/mol. The molecule has 0 spiro atoms. The average Bonchev–Trinajstić information content (AvgIpc) is 3.29. The number of nitrogens with zero attached hydrogens (tertiary/aromatic N) is 2. The SMILES string of the molecule is COc1cc(SN2CCOCC2)ccc1NCC#Cc1cc2c(NC3CCSCC3)cccc2n1CC(F)(F)F. The van der Waals surface area contributed by atoms with Crippen LogP contribution in [0.3, 0.4) is 0 Å². The lowest BCUT2D eigenvalue weighted by Gasteiger charge is -2.25. The van der Waals surface area contributed by atoms with E-state index in [4.69, 9.17) is 9.47 Å². The van der Waals surface area contributed by atoms with E-state index in [0.29, 0.717) is 23.0 Å². The molecule has 3 heterocycles. The molecule has 2 aromatic carbocycles. The number of thioether (sulfide) groups is 1. The van der Waals surface area contributed by atoms with Crippen molar-refractivity contribution in [3.05, 3.63) is 48.2 Å². The minimum absolute atomic E-state index is 0.255. The van der Waals surface area contributed by atoms with Gasteiger partial charge in [0.15, 0.2) is 0 Å². The normalized spacial score (nSPS) is 16.9. The number of rotatable bonds is 8. The maximum absolute atomic E-state index is 13.5. The Hall–Kier alpha value is -2.65. The van der Waals surface area contributed by atoms with E-state index >= 15 is 0 Å². The van der Waals surface area contributed by atoms with Crippen LogP contribution >= 0.6 is 23.7 Å². The molecule has 11 heteroatoms. The summed E-state index contributed by atoms with van der Waals surface area (Å²) in [6.45, 7) is 2.35. The predicted molar refractivity (Wildman–Crippen MR) is 159 cm³/mol. The van der Waals surface area contributed by atoms with Crippen molar-refractivity contribution in [2.75, 3.05) is 62.1 Å². The lowest BCUT2D eigenvalue weighted by Crippen LogP contribution is -2.30. The smallest absolute Gasteiger partial charge is 0.406 e. The molecular weight excluding hydrogens is 557 g/mol. The highest BCUT2D eigenvalue weighted by Gasteiger charge is 2.30. The Morgan fingerprint density at radius 3 is 2.65 bits per heavy atom. The molecule has 2 aliphatic heterocycles. The number of hydrogen-bond donors (Lipinski definition) is 2. The summed E-state index contributed by atoms with van der Waals surface area (Å²) in [5, 5.41) is 7.57. The number of fused-ring (bicyclic) bond motifs is 1. The Morgan fingerprint density at radius 1 is 1.10 bits per heavy atom. The molecule has 0 aliphatic carbocycles. The molecule has 2 saturated heterocycles. The second-order valence-corrected chi connectivity index (χ2v) is 12.0. The number of alkyl halides is 3. The lowest BCUT2D eigenvalue weighted by atomic mass is 10.1. The van der Waals surface area contributed by atoms with E-state index in [0.717, 1.165) is 72.3 Å². The van der Waals surface area contributed by atoms with Crippen molar-refractivity contribution in [1.29, 1.82) is 0 Å². The van der Waals surface area contributed by atoms with E-state index in [-0.39, 0.29) is 6.54 Å². The second-order valence-electron chi connectivity index (χ2n) is 9.65. The van der Waals surface area contributed by atoms with Gasteiger partial charge in [0, 0.05) is 35.1 Å². The summed E-state index contributed by atoms with van der Waals surface area (Å²) in [6.07, 6.45) is -2.28. The van der Waals surface area contributed by atoms with Gasteiger partial charge in [-0.05, 0) is 78.6 Å². The number of ether oxygens (including phenoxy) is 2. The van der Waals surface area contributed by atoms with Crippen LogP contribution in [0.4, 0.5) is 24.5 Å². The van der Waals surface area contributed by atoms with Crippen LogP contribution in [0.2, 0.25) is 0 Å². The summed E-state index contributed by atoms with van der Waals surface area (Å²) < 4.78 is 55.2. The molecule has 214 valence electrons. The first-order chi connectivity index (χ1) is 19.4. The number of morpholine rings is 1. The number of nitrogens with one attached hydrogen (secondary N) is 2. The molecule has 0 atom stereocenters. The minimum Gasteiger partial charge on any atom is -0.495 e. The van der Waals surface area contributed by atoms with E-state index < -0.39 is 12.7 Å². The molecule has 0 bridgehead atoms. The number of anilines is 2. The van der Waals surface area contributed by atoms with Crippen LogP contribution in [0, 0.1) is 11.8 Å². The highest BCUT2D eigenvalue weighted by molar-refractivity contribution is 7.99. The van der Waals surface area contributed by atoms with Crippen LogP contribution in [-0.2, 0) is 11.3 Å². The van der Waals surface area contributed by atoms with Crippen molar-refractivity contribution >= 4 is 46.0 Å². The molecule has 3 aromatic rings. The molecule has 0 amide bonds. The standard InChI is InChI=1S/C29H33F3N4O2S2/c1-37-28-19-23(40-35-12-14-38-15-13-35)7-8-26(28)33-11-3-4-22-18-24-25(34-21-9-16-39-17-10-21)5-2-6-27(24)36(22)20-29(30,31)32/h2,5-8,18-19,21,33-34H,9-17,20H2,1H3. The van der Waals surface area contributed by atoms with Gasteiger partial charge in [0.05, 0.1) is 43.8 Å². The monoisotopic (exact) mass is 590 g/mol. The molecule has 2 aliphatic rings. The number of benzene rings is 2. The number of methoxy groups -OCH3 is 1. The maximum atomic E-state index is 13.5. The summed E-state index contributed by atoms with van der Waals surface area (Å²) >= 11 is 3.60. The Balaban J connectivity index is 1.32. The number of hydrogen-bond acceptors (Lipinski definition) is 7. The first-order valence-electron chi connectivity index (χ1n) is 13.3. The van der Waals surface area contributed by atoms with E-state index in [1.807, 2.05) is 36.0 Å². The van der Waals surface area contributed by atoms with Gasteiger partial charge in [-0.25, -0.2) is 4.31 Å². The van der Waals surface area contributed by atoms with Gasteiger partial charge in [-0.2, -0.15) is 24.9 Å². The summed E-state index contributed by atoms with van der Waals surface area (Å²) in [4.78, 5) is 1.06. The highest BCUT2D eigenvalue weighted by Crippen LogP contribution is 2.33. The van der Waals surface area contributed by atoms with Crippen LogP contribution in [0.1, 0.15) is 18.5 Å². The maximum Gasteiger partial charge on any atom is 0.406 e. The van der Waals surface area contributed by atoms with Crippen LogP contribution < -0.4 is 15.4 Å². The first-order valence-corrected chi connectivity index (χ1v) is 15.3. The first kappa shape index (κ1) is 28.9. The van der Waals surface area contributed by atoms with E-state index in [2.05, 4.69) is 26.8 Å². The zero-order chi connectivity index (χ0) is 28.0. The molecule has 0 saturated carbocycles. The van der Waals surface area contributed by atoms with Gasteiger partial charge in [-0.1, -0.05) is 12.0 Å². The summed E-state index contributed by atoms with van der Waals surface area (Å²) in [5.74, 6) is 8.86. The van der Waals surface area contributed by atoms with Crippen molar-refractivity contribution in [1.82, 2.24) is 8.87 Å². The molecule has 2 fully saturated rings. The van der Waals surface area contributed by atoms with Gasteiger partial charge in [0.25, 0.3) is 0 Å². The summed E-state index contributed by atoms with van der Waals surface area (Å²) in [7, 11) is 1.61. The van der Waals surface area contributed by atoms with Crippen LogP contribution in [-0.4, -0.2) is 72.6 Å². The molecule has 2 N–H and O–H groups in total. The fourth-order valence-electron chi connectivity index (χ4n) is 4.86. The van der Waals surface area contributed by atoms with Crippen molar-refractivity contribution < 1.29 is 22.6 Å². The Bertz CT molecular complexity index is 1360. The van der Waals surface area contributed by atoms with Crippen molar-refractivity contribution in [3.63, 3.8) is 0 Å². The van der Waals surface area contributed by atoms with E-state index in [9.17, 15) is 13.2 Å². The second kappa shape index (κ2) is 13.3. The van der Waals surface area contributed by atoms with Gasteiger partial charge in [0.1, 0.15) is 12.3 Å². The van der Waals surface area contributed by atoms with Crippen LogP contribution in [0.25, 0.3) is 10.9 Å². The van der Waals surface area contributed by atoms with Gasteiger partial charge in [-0.3, -0.25) is 0 Å². The highest BCUT2D eigenvalue weighted by atomic mass is 32.2. The molecular formula is C29H33F3N4O2S2. The largest absolute Gasteiger partial charge is 0.495 e. The Labute approximate surface area is 241 Å². The van der Waals surface area contributed by atoms with Gasteiger partial charge in [-0.15, -0.1) is 0 Å². The van der Waals surface area contributed by atoms with E-state index in [1.165, 1.54) is 4.57 Å². The molecule has 40 heavy (non-hydrogen) atoms. The van der Waals surface area contributed by atoms with Gasteiger partial charge >= 0.3 is 6.18 Å². The fraction of sp³-hybridized carbons (Fsp3) is 0.448. The van der Waals surface area contributed by atoms with Gasteiger partial charge in [0.2, 0.25) is 0 Å². The molecule has 0 radical (unpaired) electrons.